The lowest BCUT2D eigenvalue weighted by atomic mass is 9.71. The smallest absolute Gasteiger partial charge is 0.0670 e. The molecule has 3 aliphatic rings. The second-order valence-corrected chi connectivity index (χ2v) is 7.96. The van der Waals surface area contributed by atoms with Gasteiger partial charge in [0.05, 0.1) is 6.10 Å². The number of piperidine rings is 2. The van der Waals surface area contributed by atoms with E-state index in [9.17, 15) is 5.11 Å². The van der Waals surface area contributed by atoms with Crippen LogP contribution in [0.1, 0.15) is 46.0 Å². The summed E-state index contributed by atoms with van der Waals surface area (Å²) in [6, 6.07) is 1.49. The number of fused-ring (bicyclic) bond motifs is 1. The summed E-state index contributed by atoms with van der Waals surface area (Å²) in [6.45, 7) is 8.10. The molecule has 3 fully saturated rings. The highest BCUT2D eigenvalue weighted by atomic mass is 16.3. The van der Waals surface area contributed by atoms with Gasteiger partial charge in [-0.25, -0.2) is 0 Å². The molecule has 1 saturated carbocycles. The topological polar surface area (TPSA) is 26.7 Å². The number of hydrogen-bond donors (Lipinski definition) is 1. The van der Waals surface area contributed by atoms with Gasteiger partial charge >= 0.3 is 0 Å². The maximum absolute atomic E-state index is 10.0. The van der Waals surface area contributed by atoms with Gasteiger partial charge in [0.25, 0.3) is 0 Å². The van der Waals surface area contributed by atoms with E-state index in [4.69, 9.17) is 0 Å². The van der Waals surface area contributed by atoms with Crippen molar-refractivity contribution in [3.63, 3.8) is 0 Å². The fraction of sp³-hybridized carbons (Fsp3) is 1.00. The van der Waals surface area contributed by atoms with Crippen molar-refractivity contribution in [2.24, 2.45) is 17.8 Å². The Morgan fingerprint density at radius 3 is 2.45 bits per heavy atom. The Labute approximate surface area is 124 Å². The second kappa shape index (κ2) is 5.94. The van der Waals surface area contributed by atoms with Gasteiger partial charge in [0, 0.05) is 31.7 Å². The van der Waals surface area contributed by atoms with E-state index in [1.165, 1.54) is 38.8 Å². The summed E-state index contributed by atoms with van der Waals surface area (Å²) in [7, 11) is 2.29. The first-order valence-electron chi connectivity index (χ1n) is 8.65. The van der Waals surface area contributed by atoms with Crippen LogP contribution in [0.2, 0.25) is 0 Å². The monoisotopic (exact) mass is 280 g/mol. The minimum Gasteiger partial charge on any atom is -0.392 e. The molecule has 0 aromatic carbocycles. The van der Waals surface area contributed by atoms with Gasteiger partial charge < -0.3 is 10.0 Å². The third-order valence-electron chi connectivity index (χ3n) is 6.21. The van der Waals surface area contributed by atoms with E-state index in [0.29, 0.717) is 5.92 Å². The summed E-state index contributed by atoms with van der Waals surface area (Å²) in [5.74, 6) is 2.52. The molecule has 2 aliphatic heterocycles. The Balaban J connectivity index is 1.60. The Morgan fingerprint density at radius 2 is 1.70 bits per heavy atom. The average molecular weight is 280 g/mol. The van der Waals surface area contributed by atoms with Crippen LogP contribution in [0.5, 0.6) is 0 Å². The maximum atomic E-state index is 10.0. The van der Waals surface area contributed by atoms with E-state index in [-0.39, 0.29) is 6.10 Å². The Kier molecular flexibility index (Phi) is 4.40. The summed E-state index contributed by atoms with van der Waals surface area (Å²) in [6.07, 6.45) is 6.41. The molecule has 0 aromatic rings. The number of likely N-dealkylation sites (tertiary alicyclic amines) is 2. The van der Waals surface area contributed by atoms with Crippen LogP contribution >= 0.6 is 0 Å². The first-order valence-corrected chi connectivity index (χ1v) is 8.65. The first kappa shape index (κ1) is 14.8. The van der Waals surface area contributed by atoms with E-state index in [2.05, 4.69) is 30.7 Å². The van der Waals surface area contributed by atoms with Crippen molar-refractivity contribution >= 4 is 0 Å². The van der Waals surface area contributed by atoms with E-state index in [0.717, 1.165) is 36.9 Å². The fourth-order valence-corrected chi connectivity index (χ4v) is 4.99. The Hall–Kier alpha value is -0.120. The summed E-state index contributed by atoms with van der Waals surface area (Å²) in [4.78, 5) is 5.16. The van der Waals surface area contributed by atoms with E-state index in [1.807, 2.05) is 0 Å². The Bertz CT molecular complexity index is 325. The van der Waals surface area contributed by atoms with Crippen LogP contribution in [0.4, 0.5) is 0 Å². The predicted octanol–water partition coefficient (Wildman–Crippen LogP) is 2.20. The van der Waals surface area contributed by atoms with Crippen molar-refractivity contribution < 1.29 is 5.11 Å². The van der Waals surface area contributed by atoms with Crippen molar-refractivity contribution in [3.05, 3.63) is 0 Å². The van der Waals surface area contributed by atoms with Crippen LogP contribution in [0.15, 0.2) is 0 Å². The van der Waals surface area contributed by atoms with E-state index >= 15 is 0 Å². The van der Waals surface area contributed by atoms with Crippen molar-refractivity contribution in [1.82, 2.24) is 9.80 Å². The molecule has 20 heavy (non-hydrogen) atoms. The molecular weight excluding hydrogens is 248 g/mol. The largest absolute Gasteiger partial charge is 0.392 e. The number of nitrogens with zero attached hydrogens (tertiary/aromatic N) is 2. The fourth-order valence-electron chi connectivity index (χ4n) is 4.99. The van der Waals surface area contributed by atoms with Crippen molar-refractivity contribution in [2.45, 2.75) is 64.1 Å². The summed E-state index contributed by atoms with van der Waals surface area (Å²) in [5.41, 5.74) is 0. The third-order valence-corrected chi connectivity index (χ3v) is 6.21. The number of aliphatic hydroxyl groups excluding tert-OH is 1. The maximum Gasteiger partial charge on any atom is 0.0670 e. The van der Waals surface area contributed by atoms with Crippen LogP contribution in [-0.2, 0) is 0 Å². The number of aliphatic hydroxyl groups is 1. The van der Waals surface area contributed by atoms with Crippen LogP contribution in [-0.4, -0.2) is 59.8 Å². The molecule has 2 heterocycles. The van der Waals surface area contributed by atoms with Gasteiger partial charge in [0.15, 0.2) is 0 Å². The SMILES string of the molecule is CC1CC(O)CN(C2CCC3CN(C)C(C)CC3C2)C1. The molecule has 3 nitrogen and oxygen atoms in total. The third kappa shape index (κ3) is 3.05. The van der Waals surface area contributed by atoms with Crippen LogP contribution in [0.3, 0.4) is 0 Å². The minimum absolute atomic E-state index is 0.0899. The van der Waals surface area contributed by atoms with Gasteiger partial charge in [-0.05, 0) is 63.8 Å². The zero-order chi connectivity index (χ0) is 14.3. The average Bonchev–Trinajstić information content (AvgIpc) is 2.38. The highest BCUT2D eigenvalue weighted by molar-refractivity contribution is 4.93. The second-order valence-electron chi connectivity index (χ2n) is 7.96. The van der Waals surface area contributed by atoms with Crippen molar-refractivity contribution in [3.8, 4) is 0 Å². The molecule has 116 valence electrons. The van der Waals surface area contributed by atoms with Gasteiger partial charge in [-0.15, -0.1) is 0 Å². The lowest BCUT2D eigenvalue weighted by Gasteiger charge is -2.49. The zero-order valence-corrected chi connectivity index (χ0v) is 13.5. The molecule has 3 heteroatoms. The highest BCUT2D eigenvalue weighted by Gasteiger charge is 2.39. The molecule has 1 N–H and O–H groups in total. The number of rotatable bonds is 1. The van der Waals surface area contributed by atoms with Crippen LogP contribution in [0.25, 0.3) is 0 Å². The molecule has 3 rings (SSSR count). The highest BCUT2D eigenvalue weighted by Crippen LogP contribution is 2.40. The van der Waals surface area contributed by atoms with E-state index < -0.39 is 0 Å². The van der Waals surface area contributed by atoms with Crippen LogP contribution in [0, 0.1) is 17.8 Å². The predicted molar refractivity (Wildman–Crippen MR) is 82.7 cm³/mol. The van der Waals surface area contributed by atoms with Crippen molar-refractivity contribution in [2.75, 3.05) is 26.7 Å². The zero-order valence-electron chi connectivity index (χ0n) is 13.5. The lowest BCUT2D eigenvalue weighted by Crippen LogP contribution is -2.53. The summed E-state index contributed by atoms with van der Waals surface area (Å²) >= 11 is 0. The molecule has 0 spiro atoms. The van der Waals surface area contributed by atoms with Gasteiger partial charge in [0.2, 0.25) is 0 Å². The molecule has 6 unspecified atom stereocenters. The van der Waals surface area contributed by atoms with E-state index in [1.54, 1.807) is 0 Å². The van der Waals surface area contributed by atoms with Gasteiger partial charge in [0.1, 0.15) is 0 Å². The Morgan fingerprint density at radius 1 is 0.900 bits per heavy atom. The van der Waals surface area contributed by atoms with Gasteiger partial charge in [-0.1, -0.05) is 6.92 Å². The van der Waals surface area contributed by atoms with Gasteiger partial charge in [-0.3, -0.25) is 4.90 Å². The van der Waals surface area contributed by atoms with Crippen molar-refractivity contribution in [1.29, 1.82) is 0 Å². The minimum atomic E-state index is -0.0899. The standard InChI is InChI=1S/C17H32N2O/c1-12-6-17(20)11-19(9-12)16-5-4-14-10-18(3)13(2)7-15(14)8-16/h12-17,20H,4-11H2,1-3H3. The summed E-state index contributed by atoms with van der Waals surface area (Å²) in [5, 5.41) is 10.0. The lowest BCUT2D eigenvalue weighted by molar-refractivity contribution is -0.0190. The number of β-amino-alcohol motifs (C(OH)–C–C–N with tert-alkyl or cyclic N) is 1. The van der Waals surface area contributed by atoms with Gasteiger partial charge in [-0.2, -0.15) is 0 Å². The molecule has 1 aliphatic carbocycles. The molecule has 0 bridgehead atoms. The summed E-state index contributed by atoms with van der Waals surface area (Å²) < 4.78 is 0. The quantitative estimate of drug-likeness (QED) is 0.798. The molecule has 6 atom stereocenters. The molecule has 0 amide bonds. The number of hydrogen-bond acceptors (Lipinski definition) is 3. The molecule has 0 radical (unpaired) electrons. The normalized spacial score (nSPS) is 48.0. The molecule has 0 aromatic heterocycles. The molecular formula is C17H32N2O. The molecule has 2 saturated heterocycles. The van der Waals surface area contributed by atoms with Crippen LogP contribution < -0.4 is 0 Å². The first-order chi connectivity index (χ1) is 9.52.